The van der Waals surface area contributed by atoms with Gasteiger partial charge in [-0.1, -0.05) is 54.9 Å². The van der Waals surface area contributed by atoms with Gasteiger partial charge in [0.2, 0.25) is 0 Å². The molecule has 316 valence electrons. The minimum Gasteiger partial charge on any atom is -0.483 e. The second-order valence-corrected chi connectivity index (χ2v) is 19.7. The van der Waals surface area contributed by atoms with Crippen molar-refractivity contribution in [2.45, 2.75) is 158 Å². The highest BCUT2D eigenvalue weighted by atomic mass is 16.6. The van der Waals surface area contributed by atoms with Gasteiger partial charge in [0.05, 0.1) is 32.5 Å². The van der Waals surface area contributed by atoms with Gasteiger partial charge in [-0.05, 0) is 142 Å². The molecule has 10 heteroatoms. The Morgan fingerprint density at radius 3 is 2.15 bits per heavy atom. The molecule has 1 amide bonds. The number of aldehydes is 1. The summed E-state index contributed by atoms with van der Waals surface area (Å²) >= 11 is 0. The molecule has 4 fully saturated rings. The van der Waals surface area contributed by atoms with Gasteiger partial charge in [-0.2, -0.15) is 0 Å². The third kappa shape index (κ3) is 12.6. The Morgan fingerprint density at radius 1 is 0.870 bits per heavy atom. The van der Waals surface area contributed by atoms with E-state index in [1.807, 2.05) is 7.11 Å². The van der Waals surface area contributed by atoms with Gasteiger partial charge in [0.1, 0.15) is 18.5 Å². The highest BCUT2D eigenvalue weighted by molar-refractivity contribution is 5.67. The number of rotatable bonds is 15. The van der Waals surface area contributed by atoms with Crippen molar-refractivity contribution < 1.29 is 43.2 Å². The molecule has 4 aliphatic carbocycles. The summed E-state index contributed by atoms with van der Waals surface area (Å²) < 4.78 is 26.2. The number of ether oxygens (including phenoxy) is 5. The Kier molecular flexibility index (Phi) is 18.9. The highest BCUT2D eigenvalue weighted by Gasteiger charge is 2.66. The number of methoxy groups -OCH3 is 2. The Balaban J connectivity index is 0.000000426. The molecule has 0 bridgehead atoms. The van der Waals surface area contributed by atoms with Crippen LogP contribution in [0.5, 0.6) is 0 Å². The predicted molar refractivity (Wildman–Crippen MR) is 215 cm³/mol. The van der Waals surface area contributed by atoms with E-state index in [0.29, 0.717) is 72.3 Å². The zero-order chi connectivity index (χ0) is 40.8. The fourth-order valence-corrected chi connectivity index (χ4v) is 11.7. The first-order chi connectivity index (χ1) is 25.2. The third-order valence-corrected chi connectivity index (χ3v) is 14.7. The summed E-state index contributed by atoms with van der Waals surface area (Å²) in [6.45, 7) is 25.9. The van der Waals surface area contributed by atoms with E-state index in [4.69, 9.17) is 33.6 Å². The molecule has 0 aliphatic heterocycles. The summed E-state index contributed by atoms with van der Waals surface area (Å²) in [6, 6.07) is 0. The lowest BCUT2D eigenvalue weighted by Gasteiger charge is -2.71. The lowest BCUT2D eigenvalue weighted by molar-refractivity contribution is -0.223. The van der Waals surface area contributed by atoms with E-state index >= 15 is 0 Å². The number of alkyl carbamates (subject to hydrolysis) is 1. The molecule has 4 saturated carbocycles. The van der Waals surface area contributed by atoms with Crippen LogP contribution in [0.15, 0.2) is 0 Å². The van der Waals surface area contributed by atoms with E-state index in [2.05, 4.69) is 53.8 Å². The van der Waals surface area contributed by atoms with Crippen molar-refractivity contribution in [2.75, 3.05) is 53.8 Å². The van der Waals surface area contributed by atoms with E-state index in [1.165, 1.54) is 77.0 Å². The van der Waals surface area contributed by atoms with Crippen LogP contribution in [-0.2, 0) is 33.3 Å². The second kappa shape index (κ2) is 21.1. The standard InChI is InChI=1S/C32H58O2.C11H21NO5.CH2O2/c1-23(25(34-9)22-33-8)13-17-29(4)19-20-31(6)24(21-29)11-12-27-30(5)16-10-15-28(2,3)26(30)14-18-32(27,31)7;1-11(2,3)17-10(14)12-4-6-15-8-9-16-7-5-13;2-1-3/h23-27H,10-22H2,1-9H3;5H,4,6-9H2,1-3H3,(H,12,14);1H,(H,2,3)/t23?,24?,25?,26?,27?,29?,30?,31-,32?;;/m1../s1. The Bertz CT molecular complexity index is 1140. The van der Waals surface area contributed by atoms with Crippen molar-refractivity contribution in [3.63, 3.8) is 0 Å². The van der Waals surface area contributed by atoms with Crippen LogP contribution >= 0.6 is 0 Å². The highest BCUT2D eigenvalue weighted by Crippen LogP contribution is 2.75. The van der Waals surface area contributed by atoms with Crippen molar-refractivity contribution in [3.05, 3.63) is 0 Å². The first-order valence-electron chi connectivity index (χ1n) is 20.9. The summed E-state index contributed by atoms with van der Waals surface area (Å²) in [5.74, 6) is 3.34. The van der Waals surface area contributed by atoms with Crippen molar-refractivity contribution >= 4 is 18.9 Å². The van der Waals surface area contributed by atoms with Crippen LogP contribution in [0.4, 0.5) is 4.79 Å². The van der Waals surface area contributed by atoms with Crippen LogP contribution in [0.2, 0.25) is 0 Å². The van der Waals surface area contributed by atoms with Crippen LogP contribution < -0.4 is 5.32 Å². The molecule has 2 N–H and O–H groups in total. The third-order valence-electron chi connectivity index (χ3n) is 14.7. The quantitative estimate of drug-likeness (QED) is 0.124. The molecular formula is C44H81NO9. The summed E-state index contributed by atoms with van der Waals surface area (Å²) in [6.07, 6.45) is 17.7. The van der Waals surface area contributed by atoms with Gasteiger partial charge in [0.15, 0.2) is 0 Å². The molecule has 9 atom stereocenters. The van der Waals surface area contributed by atoms with Gasteiger partial charge >= 0.3 is 6.09 Å². The zero-order valence-corrected chi connectivity index (χ0v) is 36.5. The predicted octanol–water partition coefficient (Wildman–Crippen LogP) is 9.36. The first-order valence-corrected chi connectivity index (χ1v) is 20.9. The summed E-state index contributed by atoms with van der Waals surface area (Å²) in [5, 5.41) is 9.45. The molecule has 0 aromatic carbocycles. The van der Waals surface area contributed by atoms with E-state index in [9.17, 15) is 9.59 Å². The van der Waals surface area contributed by atoms with Gasteiger partial charge < -0.3 is 38.9 Å². The first kappa shape index (κ1) is 48.4. The van der Waals surface area contributed by atoms with Gasteiger partial charge in [0.25, 0.3) is 6.47 Å². The maximum absolute atomic E-state index is 11.2. The van der Waals surface area contributed by atoms with Gasteiger partial charge in [-0.25, -0.2) is 4.79 Å². The fourth-order valence-electron chi connectivity index (χ4n) is 11.7. The van der Waals surface area contributed by atoms with E-state index in [0.717, 1.165) is 17.8 Å². The van der Waals surface area contributed by atoms with E-state index in [-0.39, 0.29) is 19.2 Å². The van der Waals surface area contributed by atoms with Crippen molar-refractivity contribution in [3.8, 4) is 0 Å². The lowest BCUT2D eigenvalue weighted by atomic mass is 9.33. The molecule has 0 spiro atoms. The van der Waals surface area contributed by atoms with Gasteiger partial charge in [-0.3, -0.25) is 4.79 Å². The summed E-state index contributed by atoms with van der Waals surface area (Å²) in [4.78, 5) is 29.4. The summed E-state index contributed by atoms with van der Waals surface area (Å²) in [5.41, 5.74) is 2.17. The van der Waals surface area contributed by atoms with Crippen LogP contribution in [0.25, 0.3) is 0 Å². The van der Waals surface area contributed by atoms with Gasteiger partial charge in [-0.15, -0.1) is 0 Å². The van der Waals surface area contributed by atoms with Crippen molar-refractivity contribution in [1.29, 1.82) is 0 Å². The topological polar surface area (TPSA) is 130 Å². The van der Waals surface area contributed by atoms with Crippen LogP contribution in [0, 0.1) is 50.7 Å². The smallest absolute Gasteiger partial charge is 0.407 e. The maximum Gasteiger partial charge on any atom is 0.407 e. The SMILES string of the molecule is CC(C)(C)OC(=O)NCCOCCOCC=O.COCC(OC)C(C)CCC1(C)CC[C@]2(C)C(CCC3C4(C)CCCC(C)(C)C4CCC32C)C1.O=CO. The Morgan fingerprint density at radius 2 is 1.54 bits per heavy atom. The average molecular weight is 768 g/mol. The molecule has 4 aliphatic rings. The zero-order valence-electron chi connectivity index (χ0n) is 36.5. The molecule has 0 aromatic heterocycles. The lowest BCUT2D eigenvalue weighted by Crippen LogP contribution is -2.63. The molecule has 54 heavy (non-hydrogen) atoms. The summed E-state index contributed by atoms with van der Waals surface area (Å²) in [7, 11) is 3.64. The largest absolute Gasteiger partial charge is 0.483 e. The monoisotopic (exact) mass is 768 g/mol. The molecule has 0 saturated heterocycles. The molecule has 0 heterocycles. The molecule has 0 radical (unpaired) electrons. The average Bonchev–Trinajstić information content (AvgIpc) is 3.07. The Labute approximate surface area is 329 Å². The minimum atomic E-state index is -0.492. The Hall–Kier alpha value is -1.75. The van der Waals surface area contributed by atoms with Crippen molar-refractivity contribution in [1.82, 2.24) is 5.32 Å². The van der Waals surface area contributed by atoms with Crippen LogP contribution in [0.1, 0.15) is 146 Å². The minimum absolute atomic E-state index is 0.0829. The number of nitrogens with one attached hydrogen (secondary N) is 1. The molecular weight excluding hydrogens is 686 g/mol. The van der Waals surface area contributed by atoms with Crippen molar-refractivity contribution in [2.24, 2.45) is 50.7 Å². The number of carboxylic acid groups (broad SMARTS) is 1. The fraction of sp³-hybridized carbons (Fsp3) is 0.932. The van der Waals surface area contributed by atoms with Crippen LogP contribution in [-0.4, -0.2) is 89.5 Å². The number of fused-ring (bicyclic) bond motifs is 5. The van der Waals surface area contributed by atoms with E-state index < -0.39 is 11.7 Å². The molecule has 4 rings (SSSR count). The number of hydrogen-bond acceptors (Lipinski definition) is 8. The van der Waals surface area contributed by atoms with Crippen LogP contribution in [0.3, 0.4) is 0 Å². The molecule has 0 aromatic rings. The molecule has 8 unspecified atom stereocenters. The number of carbonyl (C=O) groups excluding carboxylic acids is 2. The molecule has 10 nitrogen and oxygen atoms in total. The number of hydrogen-bond donors (Lipinski definition) is 2. The van der Waals surface area contributed by atoms with E-state index in [1.54, 1.807) is 27.9 Å². The maximum atomic E-state index is 11.2. The number of carbonyl (C=O) groups is 3. The van der Waals surface area contributed by atoms with Gasteiger partial charge in [0, 0.05) is 20.8 Å². The number of amides is 1. The second-order valence-electron chi connectivity index (χ2n) is 19.7. The normalized spacial score (nSPS) is 33.7.